The highest BCUT2D eigenvalue weighted by Crippen LogP contribution is 2.43. The molecule has 7 atom stereocenters. The number of carbonyl (C=O) groups is 7. The van der Waals surface area contributed by atoms with Crippen molar-refractivity contribution in [2.45, 2.75) is 148 Å². The van der Waals surface area contributed by atoms with Gasteiger partial charge in [-0.05, 0) is 183 Å². The van der Waals surface area contributed by atoms with E-state index in [1.807, 2.05) is 75.1 Å². The molecule has 10 rings (SSSR count). The summed E-state index contributed by atoms with van der Waals surface area (Å²) < 4.78 is 52.7. The average molecular weight is 1320 g/mol. The first kappa shape index (κ1) is 70.5. The van der Waals surface area contributed by atoms with Gasteiger partial charge in [0.05, 0.1) is 30.9 Å². The number of halogens is 2. The molecule has 3 fully saturated rings. The summed E-state index contributed by atoms with van der Waals surface area (Å²) >= 11 is 0. The van der Waals surface area contributed by atoms with Crippen molar-refractivity contribution >= 4 is 64.5 Å². The molecule has 3 saturated heterocycles. The van der Waals surface area contributed by atoms with Gasteiger partial charge in [0.25, 0.3) is 5.91 Å². The van der Waals surface area contributed by atoms with E-state index in [0.29, 0.717) is 107 Å². The van der Waals surface area contributed by atoms with E-state index in [1.54, 1.807) is 80.8 Å². The van der Waals surface area contributed by atoms with Crippen LogP contribution in [-0.4, -0.2) is 187 Å². The van der Waals surface area contributed by atoms with Crippen LogP contribution in [0.3, 0.4) is 0 Å². The van der Waals surface area contributed by atoms with Crippen LogP contribution in [0.25, 0.3) is 0 Å². The Kier molecular flexibility index (Phi) is 21.7. The lowest BCUT2D eigenvalue weighted by Crippen LogP contribution is -2.64. The fourth-order valence-corrected chi connectivity index (χ4v) is 13.4. The van der Waals surface area contributed by atoms with Crippen LogP contribution in [0.15, 0.2) is 109 Å². The third-order valence-corrected chi connectivity index (χ3v) is 18.9. The largest absolute Gasteiger partial charge is 0.444 e. The van der Waals surface area contributed by atoms with Gasteiger partial charge in [0.15, 0.2) is 0 Å². The van der Waals surface area contributed by atoms with Gasteiger partial charge in [0.2, 0.25) is 23.6 Å². The summed E-state index contributed by atoms with van der Waals surface area (Å²) in [7, 11) is 1.51. The number of rotatable bonds is 18. The fourth-order valence-electron chi connectivity index (χ4n) is 13.4. The van der Waals surface area contributed by atoms with Crippen LogP contribution in [0.5, 0.6) is 0 Å². The first-order chi connectivity index (χ1) is 45.5. The molecule has 514 valence electrons. The zero-order valence-electron chi connectivity index (χ0n) is 57.0. The lowest BCUT2D eigenvalue weighted by Gasteiger charge is -2.47. The van der Waals surface area contributed by atoms with E-state index in [1.165, 1.54) is 36.2 Å². The Balaban J connectivity index is 0.821. The number of anilines is 4. The number of benzene rings is 5. The minimum Gasteiger partial charge on any atom is -0.444 e. The van der Waals surface area contributed by atoms with Gasteiger partial charge >= 0.3 is 12.2 Å². The number of nitrogens with one attached hydrogen (secondary N) is 4. The Morgan fingerprint density at radius 2 is 1.42 bits per heavy atom. The molecule has 23 heteroatoms. The van der Waals surface area contributed by atoms with E-state index in [0.717, 1.165) is 22.8 Å². The summed E-state index contributed by atoms with van der Waals surface area (Å²) in [5.74, 6) is -3.28. The molecule has 96 heavy (non-hydrogen) atoms. The molecule has 7 amide bonds. The smallest absolute Gasteiger partial charge is 0.410 e. The highest BCUT2D eigenvalue weighted by molar-refractivity contribution is 6.08. The van der Waals surface area contributed by atoms with E-state index in [-0.39, 0.29) is 72.6 Å². The lowest BCUT2D eigenvalue weighted by molar-refractivity contribution is -0.127. The van der Waals surface area contributed by atoms with Crippen LogP contribution in [0, 0.1) is 17.6 Å². The number of carbonyl (C=O) groups excluding carboxylic acids is 7. The highest BCUT2D eigenvalue weighted by Gasteiger charge is 2.48. The molecule has 0 saturated carbocycles. The van der Waals surface area contributed by atoms with Gasteiger partial charge in [-0.3, -0.25) is 43.6 Å². The minimum atomic E-state index is -1.25. The van der Waals surface area contributed by atoms with Gasteiger partial charge in [0, 0.05) is 113 Å². The number of ether oxygens (including phenoxy) is 4. The summed E-state index contributed by atoms with van der Waals surface area (Å²) in [5, 5.41) is 11.9. The molecule has 0 bridgehead atoms. The van der Waals surface area contributed by atoms with Crippen molar-refractivity contribution in [2.24, 2.45) is 5.92 Å². The number of hydrogen-bond acceptors (Lipinski definition) is 14. The molecule has 5 heterocycles. The number of morpholine rings is 1. The van der Waals surface area contributed by atoms with Gasteiger partial charge in [0.1, 0.15) is 34.9 Å². The number of piperazine rings is 1. The van der Waals surface area contributed by atoms with Crippen LogP contribution in [-0.2, 0) is 56.5 Å². The van der Waals surface area contributed by atoms with Crippen LogP contribution in [0.1, 0.15) is 126 Å². The van der Waals surface area contributed by atoms with Gasteiger partial charge in [-0.1, -0.05) is 48.5 Å². The molecule has 5 aromatic carbocycles. The van der Waals surface area contributed by atoms with Crippen LogP contribution >= 0.6 is 0 Å². The Morgan fingerprint density at radius 1 is 0.740 bits per heavy atom. The van der Waals surface area contributed by atoms with E-state index >= 15 is 9.18 Å². The maximum atomic E-state index is 15.9. The summed E-state index contributed by atoms with van der Waals surface area (Å²) in [6.45, 7) is 23.0. The second-order valence-corrected chi connectivity index (χ2v) is 28.5. The molecule has 2 unspecified atom stereocenters. The number of nitrogens with zero attached hydrogens (tertiary/aromatic N) is 6. The summed E-state index contributed by atoms with van der Waals surface area (Å²) in [5.41, 5.74) is 2.42. The predicted octanol–water partition coefficient (Wildman–Crippen LogP) is 9.74. The topological polar surface area (TPSA) is 224 Å². The number of hydrogen-bond donors (Lipinski definition) is 4. The number of likely N-dealkylation sites (N-methyl/N-ethyl adjacent to an activating group) is 1. The molecule has 21 nitrogen and oxygen atoms in total. The summed E-state index contributed by atoms with van der Waals surface area (Å²) in [6, 6.07) is 27.0. The Hall–Kier alpha value is -8.35. The minimum absolute atomic E-state index is 0.00589. The SMILES string of the molecule is C[C@@H]1COCCN1C[C@H]1CN(C(=O)OC(C)(C)C)[C@H](C)CN1CC(=O)N1CC(C)(C(=O)Nc2ccc(NC(=O)c3ccc(F)c(NC(=O)[C@@H]4c5ccccc5CN4CC(NC(=O)[C@H](C)N(C)C(=O)OC(C)(C)C)C4CCOCC4)c3)cc2)c2ccc(Cc3ccc(F)cc3)cc21. The van der Waals surface area contributed by atoms with Crippen molar-refractivity contribution in [1.82, 2.24) is 29.8 Å². The average Bonchev–Trinajstić information content (AvgIpc) is 1.59. The molecule has 0 spiro atoms. The van der Waals surface area contributed by atoms with Crippen molar-refractivity contribution in [2.75, 3.05) is 100 Å². The van der Waals surface area contributed by atoms with E-state index in [4.69, 9.17) is 18.9 Å². The number of amides is 7. The van der Waals surface area contributed by atoms with Gasteiger partial charge < -0.3 is 50.0 Å². The normalized spacial score (nSPS) is 21.7. The van der Waals surface area contributed by atoms with Crippen molar-refractivity contribution < 1.29 is 61.3 Å². The Morgan fingerprint density at radius 3 is 2.10 bits per heavy atom. The summed E-state index contributed by atoms with van der Waals surface area (Å²) in [4.78, 5) is 110. The molecular weight excluding hydrogens is 1230 g/mol. The zero-order valence-corrected chi connectivity index (χ0v) is 57.0. The number of fused-ring (bicyclic) bond motifs is 2. The van der Waals surface area contributed by atoms with Gasteiger partial charge in [-0.2, -0.15) is 0 Å². The quantitative estimate of drug-likeness (QED) is 0.0641. The van der Waals surface area contributed by atoms with Crippen LogP contribution in [0.4, 0.5) is 41.1 Å². The summed E-state index contributed by atoms with van der Waals surface area (Å²) in [6.07, 6.45) is 0.700. The Labute approximate surface area is 561 Å². The second-order valence-electron chi connectivity index (χ2n) is 28.5. The third-order valence-electron chi connectivity index (χ3n) is 18.9. The van der Waals surface area contributed by atoms with E-state index < -0.39 is 70.5 Å². The highest BCUT2D eigenvalue weighted by atomic mass is 19.1. The van der Waals surface area contributed by atoms with Crippen molar-refractivity contribution in [3.05, 3.63) is 154 Å². The molecule has 0 aliphatic carbocycles. The molecule has 0 radical (unpaired) electrons. The van der Waals surface area contributed by atoms with Crippen LogP contribution < -0.4 is 26.2 Å². The van der Waals surface area contributed by atoms with Crippen molar-refractivity contribution in [1.29, 1.82) is 0 Å². The maximum Gasteiger partial charge on any atom is 0.410 e. The molecular formula is C73H92F2N10O11. The lowest BCUT2D eigenvalue weighted by atomic mass is 9.83. The van der Waals surface area contributed by atoms with E-state index in [9.17, 15) is 33.2 Å². The standard InChI is InChI=1S/C73H92F2N10O11/c1-45-37-82(56(39-81-30-33-94-43-46(81)2)40-84(45)70(92)96-72(7,8)9)42-63(86)85-44-73(10,58-26-18-49(35-62(58)85)34-48-16-20-53(74)21-17-48)68(90)77-55-24-22-54(23-25-55)76-66(88)51-19-27-59(75)60(36-51)78-67(89)64-57-15-13-12-14-52(57)38-83(64)41-61(50-28-31-93-32-29-50)79-65(87)47(3)80(11)69(91)95-71(4,5)6/h12-27,35-36,45-47,50,56,61,64H,28-34,37-44H2,1-11H3,(H,76,88)(H,77,90)(H,78,89)(H,79,87)/t45-,46-,47+,56+,61?,64+,73?/m1/s1. The first-order valence-electron chi connectivity index (χ1n) is 33.2. The van der Waals surface area contributed by atoms with Crippen molar-refractivity contribution in [3.8, 4) is 0 Å². The van der Waals surface area contributed by atoms with Crippen molar-refractivity contribution in [3.63, 3.8) is 0 Å². The monoisotopic (exact) mass is 1320 g/mol. The Bertz CT molecular complexity index is 3670. The van der Waals surface area contributed by atoms with Crippen LogP contribution in [0.2, 0.25) is 0 Å². The van der Waals surface area contributed by atoms with E-state index in [2.05, 4.69) is 38.0 Å². The first-order valence-corrected chi connectivity index (χ1v) is 33.2. The molecule has 5 aromatic rings. The second kappa shape index (κ2) is 29.6. The fraction of sp³-hybridized carbons (Fsp3) is 0.493. The van der Waals surface area contributed by atoms with Gasteiger partial charge in [-0.25, -0.2) is 18.4 Å². The zero-order chi connectivity index (χ0) is 69.0. The van der Waals surface area contributed by atoms with Gasteiger partial charge in [-0.15, -0.1) is 0 Å². The molecule has 5 aliphatic heterocycles. The molecule has 0 aromatic heterocycles. The molecule has 4 N–H and O–H groups in total. The maximum absolute atomic E-state index is 15.9. The predicted molar refractivity (Wildman–Crippen MR) is 362 cm³/mol. The molecule has 5 aliphatic rings. The third kappa shape index (κ3) is 16.9.